The molecule has 2 aliphatic rings. The Morgan fingerprint density at radius 2 is 1.80 bits per heavy atom. The minimum atomic E-state index is -1.25. The van der Waals surface area contributed by atoms with Crippen molar-refractivity contribution < 1.29 is 29.6 Å². The molecule has 1 saturated heterocycles. The lowest BCUT2D eigenvalue weighted by atomic mass is 9.74. The molecular weight excluding hydrogens is 566 g/mol. The maximum atomic E-state index is 13.8. The normalized spacial score (nSPS) is 18.4. The summed E-state index contributed by atoms with van der Waals surface area (Å²) in [5.74, 6) is -3.14. The number of piperidine rings is 1. The van der Waals surface area contributed by atoms with E-state index in [1.54, 1.807) is 6.92 Å². The highest BCUT2D eigenvalue weighted by atomic mass is 16.6. The Labute approximate surface area is 255 Å². The molecule has 3 N–H and O–H groups in total. The second-order valence-electron chi connectivity index (χ2n) is 11.0. The molecule has 12 nitrogen and oxygen atoms in total. The summed E-state index contributed by atoms with van der Waals surface area (Å²) in [4.78, 5) is 39.2. The maximum Gasteiger partial charge on any atom is 0.334 e. The highest BCUT2D eigenvalue weighted by Crippen LogP contribution is 2.40. The van der Waals surface area contributed by atoms with E-state index in [9.17, 15) is 35.3 Å². The molecule has 232 valence electrons. The summed E-state index contributed by atoms with van der Waals surface area (Å²) in [5.41, 5.74) is 1.27. The molecular formula is C32H37N5O7. The number of hydrogen-bond acceptors (Lipinski definition) is 9. The number of rotatable bonds is 12. The van der Waals surface area contributed by atoms with Crippen molar-refractivity contribution in [2.24, 2.45) is 0 Å². The molecule has 44 heavy (non-hydrogen) atoms. The molecule has 12 heteroatoms. The second kappa shape index (κ2) is 14.3. The third-order valence-corrected chi connectivity index (χ3v) is 8.40. The Kier molecular flexibility index (Phi) is 10.5. The van der Waals surface area contributed by atoms with E-state index in [0.29, 0.717) is 67.3 Å². The van der Waals surface area contributed by atoms with Gasteiger partial charge in [-0.15, -0.1) is 0 Å². The van der Waals surface area contributed by atoms with Crippen LogP contribution in [0, 0.1) is 21.4 Å². The monoisotopic (exact) mass is 603 g/mol. The van der Waals surface area contributed by atoms with E-state index in [2.05, 4.69) is 16.3 Å². The number of hydrogen-bond donors (Lipinski definition) is 3. The van der Waals surface area contributed by atoms with E-state index >= 15 is 0 Å². The number of methoxy groups -OCH3 is 1. The van der Waals surface area contributed by atoms with E-state index in [1.165, 1.54) is 31.4 Å². The third kappa shape index (κ3) is 6.81. The Morgan fingerprint density at radius 1 is 1.14 bits per heavy atom. The van der Waals surface area contributed by atoms with Crippen LogP contribution >= 0.6 is 0 Å². The van der Waals surface area contributed by atoms with Crippen LogP contribution < -0.4 is 5.32 Å². The molecule has 2 aliphatic heterocycles. The van der Waals surface area contributed by atoms with Gasteiger partial charge in [-0.1, -0.05) is 49.4 Å². The molecule has 4 rings (SSSR count). The number of allylic oxidation sites excluding steroid dienone is 1. The molecule has 1 unspecified atom stereocenters. The fraction of sp³-hybridized carbons (Fsp3) is 0.406. The number of nitrogens with zero attached hydrogens (tertiary/aromatic N) is 4. The van der Waals surface area contributed by atoms with Gasteiger partial charge in [0.1, 0.15) is 0 Å². The van der Waals surface area contributed by atoms with Crippen molar-refractivity contribution in [3.05, 3.63) is 98.4 Å². The summed E-state index contributed by atoms with van der Waals surface area (Å²) in [7, 11) is 1.44. The first-order valence-corrected chi connectivity index (χ1v) is 14.5. The van der Waals surface area contributed by atoms with Gasteiger partial charge in [0.05, 0.1) is 45.8 Å². The number of hydroxylamine groups is 2. The summed E-state index contributed by atoms with van der Waals surface area (Å²) in [5, 5.41) is 46.0. The van der Waals surface area contributed by atoms with Gasteiger partial charge < -0.3 is 20.1 Å². The van der Waals surface area contributed by atoms with Gasteiger partial charge in [-0.25, -0.2) is 9.86 Å². The molecule has 1 fully saturated rings. The molecule has 0 aromatic heterocycles. The van der Waals surface area contributed by atoms with Crippen LogP contribution in [0.3, 0.4) is 0 Å². The lowest BCUT2D eigenvalue weighted by Crippen LogP contribution is -2.43. The fourth-order valence-electron chi connectivity index (χ4n) is 6.04. The Morgan fingerprint density at radius 3 is 2.34 bits per heavy atom. The summed E-state index contributed by atoms with van der Waals surface area (Å²) in [6.45, 7) is 3.70. The first kappa shape index (κ1) is 32.3. The van der Waals surface area contributed by atoms with E-state index in [-0.39, 0.29) is 30.0 Å². The van der Waals surface area contributed by atoms with Gasteiger partial charge in [0.2, 0.25) is 0 Å². The van der Waals surface area contributed by atoms with Crippen molar-refractivity contribution in [1.82, 2.24) is 15.3 Å². The number of likely N-dealkylation sites (tertiary alicyclic amines) is 1. The number of amides is 1. The number of aliphatic carboxylic acids is 1. The van der Waals surface area contributed by atoms with Crippen molar-refractivity contribution in [3.8, 4) is 6.07 Å². The zero-order valence-electron chi connectivity index (χ0n) is 24.9. The van der Waals surface area contributed by atoms with Crippen LogP contribution in [0.15, 0.2) is 77.1 Å². The van der Waals surface area contributed by atoms with Gasteiger partial charge in [-0.2, -0.15) is 5.26 Å². The predicted octanol–water partition coefficient (Wildman–Crippen LogP) is 4.10. The predicted molar refractivity (Wildman–Crippen MR) is 160 cm³/mol. The topological polar surface area (TPSA) is 169 Å². The van der Waals surface area contributed by atoms with Gasteiger partial charge >= 0.3 is 5.97 Å². The first-order chi connectivity index (χ1) is 21.2. The SMILES string of the molecule is CCC1=C(C(=O)O)C(c2ccc([N+](=O)[O-])cc2)C(C(=O)N(O)CCCN2CCC(C#N)(c3ccccc3)CC2)=C(COC)N1. The van der Waals surface area contributed by atoms with E-state index in [4.69, 9.17) is 4.74 Å². The van der Waals surface area contributed by atoms with E-state index in [0.717, 1.165) is 5.56 Å². The van der Waals surface area contributed by atoms with Crippen molar-refractivity contribution in [2.75, 3.05) is 39.9 Å². The fourth-order valence-corrected chi connectivity index (χ4v) is 6.04. The van der Waals surface area contributed by atoms with Crippen LogP contribution in [0.2, 0.25) is 0 Å². The molecule has 2 aromatic carbocycles. The summed E-state index contributed by atoms with van der Waals surface area (Å²) < 4.78 is 5.32. The third-order valence-electron chi connectivity index (χ3n) is 8.40. The lowest BCUT2D eigenvalue weighted by Gasteiger charge is -2.38. The summed E-state index contributed by atoms with van der Waals surface area (Å²) >= 11 is 0. The number of carbonyl (C=O) groups is 2. The number of nitriles is 1. The molecule has 2 heterocycles. The molecule has 0 aliphatic carbocycles. The molecule has 0 spiro atoms. The van der Waals surface area contributed by atoms with E-state index < -0.39 is 28.1 Å². The minimum absolute atomic E-state index is 0.00237. The molecule has 1 atom stereocenters. The molecule has 1 amide bonds. The van der Waals surface area contributed by atoms with Crippen LogP contribution in [0.25, 0.3) is 0 Å². The van der Waals surface area contributed by atoms with Crippen molar-refractivity contribution in [1.29, 1.82) is 5.26 Å². The minimum Gasteiger partial charge on any atom is -0.478 e. The van der Waals surface area contributed by atoms with Crippen LogP contribution in [-0.4, -0.2) is 77.0 Å². The highest BCUT2D eigenvalue weighted by molar-refractivity contribution is 6.01. The number of nitrogens with one attached hydrogen (secondary N) is 1. The zero-order valence-corrected chi connectivity index (χ0v) is 24.9. The van der Waals surface area contributed by atoms with Gasteiger partial charge in [0, 0.05) is 31.5 Å². The standard InChI is InChI=1S/C32H37N5O7/c1-3-25-29(31(39)40)27(22-10-12-24(13-11-22)37(42)43)28(26(34-25)20-44-2)30(38)36(41)17-7-16-35-18-14-32(21-33,15-19-35)23-8-5-4-6-9-23/h4-6,8-13,27,34,41H,3,7,14-20H2,1-2H3,(H,39,40). The summed E-state index contributed by atoms with van der Waals surface area (Å²) in [6, 6.07) is 17.7. The highest BCUT2D eigenvalue weighted by Gasteiger charge is 2.40. The number of nitro groups is 1. The number of benzene rings is 2. The van der Waals surface area contributed by atoms with Gasteiger partial charge in [0.15, 0.2) is 0 Å². The first-order valence-electron chi connectivity index (χ1n) is 14.5. The number of nitro benzene ring substituents is 1. The Hall–Kier alpha value is -4.57. The number of carbonyl (C=O) groups excluding carboxylic acids is 1. The van der Waals surface area contributed by atoms with Gasteiger partial charge in [-0.3, -0.25) is 20.1 Å². The number of dihydropyridines is 1. The van der Waals surface area contributed by atoms with Crippen molar-refractivity contribution >= 4 is 17.6 Å². The number of ether oxygens (including phenoxy) is 1. The van der Waals surface area contributed by atoms with Gasteiger partial charge in [-0.05, 0) is 56.4 Å². The quantitative estimate of drug-likeness (QED) is 0.182. The Bertz CT molecular complexity index is 1470. The largest absolute Gasteiger partial charge is 0.478 e. The van der Waals surface area contributed by atoms with Crippen LogP contribution in [0.5, 0.6) is 0 Å². The van der Waals surface area contributed by atoms with Crippen LogP contribution in [0.4, 0.5) is 5.69 Å². The number of non-ortho nitro benzene ring substituents is 1. The molecule has 0 radical (unpaired) electrons. The average Bonchev–Trinajstić information content (AvgIpc) is 3.04. The number of carboxylic acids is 1. The second-order valence-corrected chi connectivity index (χ2v) is 11.0. The average molecular weight is 604 g/mol. The van der Waals surface area contributed by atoms with E-state index in [1.807, 2.05) is 30.3 Å². The van der Waals surface area contributed by atoms with Gasteiger partial charge in [0.25, 0.3) is 11.6 Å². The molecule has 0 saturated carbocycles. The smallest absolute Gasteiger partial charge is 0.334 e. The molecule has 2 aromatic rings. The number of carboxylic acid groups (broad SMARTS) is 1. The summed E-state index contributed by atoms with van der Waals surface area (Å²) in [6.07, 6.45) is 2.11. The Balaban J connectivity index is 1.51. The maximum absolute atomic E-state index is 13.8. The van der Waals surface area contributed by atoms with Crippen molar-refractivity contribution in [2.45, 2.75) is 43.9 Å². The lowest BCUT2D eigenvalue weighted by molar-refractivity contribution is -0.384. The van der Waals surface area contributed by atoms with Crippen molar-refractivity contribution in [3.63, 3.8) is 0 Å². The zero-order chi connectivity index (χ0) is 31.9. The van der Waals surface area contributed by atoms with Crippen LogP contribution in [-0.2, 0) is 19.7 Å². The molecule has 0 bridgehead atoms. The van der Waals surface area contributed by atoms with Crippen LogP contribution in [0.1, 0.15) is 49.7 Å².